The molecule has 0 saturated carbocycles. The molecular weight excluding hydrogens is 246 g/mol. The Kier molecular flexibility index (Phi) is 4.66. The van der Waals surface area contributed by atoms with E-state index in [1.54, 1.807) is 0 Å². The van der Waals surface area contributed by atoms with Crippen LogP contribution in [0.15, 0.2) is 28.7 Å². The van der Waals surface area contributed by atoms with Crippen LogP contribution in [0.1, 0.15) is 53.2 Å². The van der Waals surface area contributed by atoms with Gasteiger partial charge in [0.05, 0.1) is 6.04 Å². The second-order valence-electron chi connectivity index (χ2n) is 5.63. The third kappa shape index (κ3) is 3.13. The molecule has 0 saturated heterocycles. The van der Waals surface area contributed by atoms with Gasteiger partial charge in [-0.2, -0.15) is 0 Å². The van der Waals surface area contributed by atoms with E-state index in [-0.39, 0.29) is 6.04 Å². The fraction of sp³-hybridized carbons (Fsp3) is 0.444. The van der Waals surface area contributed by atoms with Crippen LogP contribution in [0.25, 0.3) is 0 Å². The highest BCUT2D eigenvalue weighted by Gasteiger charge is 2.19. The quantitative estimate of drug-likeness (QED) is 0.859. The summed E-state index contributed by atoms with van der Waals surface area (Å²) in [5.74, 6) is 1.96. The third-order valence-corrected chi connectivity index (χ3v) is 3.84. The lowest BCUT2D eigenvalue weighted by atomic mass is 9.94. The molecule has 0 fully saturated rings. The second kappa shape index (κ2) is 6.27. The Bertz CT molecular complexity index is 583. The SMILES string of the molecule is CCCNC(c1ccc(C)o1)c1cc(C)c(C)cc1C. The maximum Gasteiger partial charge on any atom is 0.125 e. The number of hydrogen-bond acceptors (Lipinski definition) is 2. The zero-order chi connectivity index (χ0) is 14.7. The molecule has 2 heteroatoms. The van der Waals surface area contributed by atoms with Crippen molar-refractivity contribution >= 4 is 0 Å². The topological polar surface area (TPSA) is 25.2 Å². The number of hydrogen-bond donors (Lipinski definition) is 1. The van der Waals surface area contributed by atoms with Crippen LogP contribution in [0.3, 0.4) is 0 Å². The van der Waals surface area contributed by atoms with Gasteiger partial charge in [0.2, 0.25) is 0 Å². The third-order valence-electron chi connectivity index (χ3n) is 3.84. The molecule has 0 bridgehead atoms. The van der Waals surface area contributed by atoms with Gasteiger partial charge in [-0.25, -0.2) is 0 Å². The van der Waals surface area contributed by atoms with Gasteiger partial charge < -0.3 is 9.73 Å². The molecule has 0 aliphatic carbocycles. The minimum absolute atomic E-state index is 0.142. The maximum absolute atomic E-state index is 5.86. The average molecular weight is 271 g/mol. The number of furan rings is 1. The normalized spacial score (nSPS) is 12.7. The Morgan fingerprint density at radius 2 is 1.70 bits per heavy atom. The molecule has 1 atom stereocenters. The zero-order valence-electron chi connectivity index (χ0n) is 13.2. The molecule has 0 radical (unpaired) electrons. The molecule has 0 aliphatic heterocycles. The van der Waals surface area contributed by atoms with Crippen molar-refractivity contribution in [2.75, 3.05) is 6.54 Å². The fourth-order valence-corrected chi connectivity index (χ4v) is 2.55. The largest absolute Gasteiger partial charge is 0.464 e. The summed E-state index contributed by atoms with van der Waals surface area (Å²) in [6, 6.07) is 8.81. The Hall–Kier alpha value is -1.54. The Morgan fingerprint density at radius 3 is 2.30 bits per heavy atom. The van der Waals surface area contributed by atoms with E-state index in [0.29, 0.717) is 0 Å². The zero-order valence-corrected chi connectivity index (χ0v) is 13.2. The van der Waals surface area contributed by atoms with Crippen molar-refractivity contribution in [3.05, 3.63) is 58.0 Å². The van der Waals surface area contributed by atoms with Crippen LogP contribution in [0.4, 0.5) is 0 Å². The summed E-state index contributed by atoms with van der Waals surface area (Å²) in [4.78, 5) is 0. The minimum atomic E-state index is 0.142. The standard InChI is InChI=1S/C18H25NO/c1-6-9-19-18(17-8-7-15(5)20-17)16-11-13(3)12(2)10-14(16)4/h7-8,10-11,18-19H,6,9H2,1-5H3. The fourth-order valence-electron chi connectivity index (χ4n) is 2.55. The number of benzene rings is 1. The highest BCUT2D eigenvalue weighted by molar-refractivity contribution is 5.41. The summed E-state index contributed by atoms with van der Waals surface area (Å²) < 4.78 is 5.86. The first-order valence-corrected chi connectivity index (χ1v) is 7.40. The van der Waals surface area contributed by atoms with Crippen LogP contribution in [-0.4, -0.2) is 6.54 Å². The van der Waals surface area contributed by atoms with Gasteiger partial charge in [0.1, 0.15) is 11.5 Å². The van der Waals surface area contributed by atoms with Crippen molar-refractivity contribution in [1.82, 2.24) is 5.32 Å². The molecule has 0 spiro atoms. The minimum Gasteiger partial charge on any atom is -0.464 e. The molecule has 0 aliphatic rings. The van der Waals surface area contributed by atoms with E-state index in [9.17, 15) is 0 Å². The van der Waals surface area contributed by atoms with Crippen LogP contribution in [0.5, 0.6) is 0 Å². The van der Waals surface area contributed by atoms with E-state index < -0.39 is 0 Å². The molecule has 1 heterocycles. The van der Waals surface area contributed by atoms with E-state index >= 15 is 0 Å². The Labute approximate surface area is 122 Å². The van der Waals surface area contributed by atoms with Crippen molar-refractivity contribution in [3.63, 3.8) is 0 Å². The van der Waals surface area contributed by atoms with Crippen molar-refractivity contribution < 1.29 is 4.42 Å². The van der Waals surface area contributed by atoms with Crippen LogP contribution in [0, 0.1) is 27.7 Å². The predicted octanol–water partition coefficient (Wildman–Crippen LogP) is 4.60. The Morgan fingerprint density at radius 1 is 1.00 bits per heavy atom. The first-order valence-electron chi connectivity index (χ1n) is 7.40. The van der Waals surface area contributed by atoms with Gasteiger partial charge in [-0.3, -0.25) is 0 Å². The summed E-state index contributed by atoms with van der Waals surface area (Å²) in [7, 11) is 0. The average Bonchev–Trinajstić information content (AvgIpc) is 2.82. The monoisotopic (exact) mass is 271 g/mol. The van der Waals surface area contributed by atoms with Gasteiger partial charge >= 0.3 is 0 Å². The Balaban J connectivity index is 2.43. The number of rotatable bonds is 5. The van der Waals surface area contributed by atoms with Gasteiger partial charge in [0, 0.05) is 0 Å². The van der Waals surface area contributed by atoms with Crippen LogP contribution < -0.4 is 5.32 Å². The second-order valence-corrected chi connectivity index (χ2v) is 5.63. The molecule has 108 valence electrons. The molecule has 20 heavy (non-hydrogen) atoms. The van der Waals surface area contributed by atoms with Crippen molar-refractivity contribution in [1.29, 1.82) is 0 Å². The molecular formula is C18H25NO. The summed E-state index contributed by atoms with van der Waals surface area (Å²) >= 11 is 0. The van der Waals surface area contributed by atoms with Gasteiger partial charge in [-0.05, 0) is 75.0 Å². The van der Waals surface area contributed by atoms with Crippen molar-refractivity contribution in [3.8, 4) is 0 Å². The molecule has 2 aromatic rings. The highest BCUT2D eigenvalue weighted by Crippen LogP contribution is 2.28. The molecule has 2 rings (SSSR count). The van der Waals surface area contributed by atoms with Crippen LogP contribution >= 0.6 is 0 Å². The summed E-state index contributed by atoms with van der Waals surface area (Å²) in [5.41, 5.74) is 5.31. The van der Waals surface area contributed by atoms with Gasteiger partial charge in [0.15, 0.2) is 0 Å². The van der Waals surface area contributed by atoms with E-state index in [4.69, 9.17) is 4.42 Å². The number of aryl methyl sites for hydroxylation is 4. The molecule has 1 unspecified atom stereocenters. The van der Waals surface area contributed by atoms with Crippen LogP contribution in [-0.2, 0) is 0 Å². The number of nitrogens with one attached hydrogen (secondary N) is 1. The molecule has 1 aromatic heterocycles. The van der Waals surface area contributed by atoms with E-state index in [2.05, 4.69) is 51.2 Å². The summed E-state index contributed by atoms with van der Waals surface area (Å²) in [6.45, 7) is 11.7. The van der Waals surface area contributed by atoms with Crippen LogP contribution in [0.2, 0.25) is 0 Å². The molecule has 2 nitrogen and oxygen atoms in total. The van der Waals surface area contributed by atoms with E-state index in [0.717, 1.165) is 24.5 Å². The lowest BCUT2D eigenvalue weighted by molar-refractivity contribution is 0.429. The van der Waals surface area contributed by atoms with Crippen molar-refractivity contribution in [2.24, 2.45) is 0 Å². The lowest BCUT2D eigenvalue weighted by Crippen LogP contribution is -2.23. The van der Waals surface area contributed by atoms with Gasteiger partial charge in [-0.15, -0.1) is 0 Å². The van der Waals surface area contributed by atoms with Gasteiger partial charge in [-0.1, -0.05) is 19.1 Å². The van der Waals surface area contributed by atoms with E-state index in [1.807, 2.05) is 13.0 Å². The first kappa shape index (κ1) is 14.9. The smallest absolute Gasteiger partial charge is 0.125 e. The first-order chi connectivity index (χ1) is 9.52. The van der Waals surface area contributed by atoms with E-state index in [1.165, 1.54) is 22.3 Å². The highest BCUT2D eigenvalue weighted by atomic mass is 16.3. The maximum atomic E-state index is 5.86. The summed E-state index contributed by atoms with van der Waals surface area (Å²) in [6.07, 6.45) is 1.11. The summed E-state index contributed by atoms with van der Waals surface area (Å²) in [5, 5.41) is 3.61. The predicted molar refractivity (Wildman–Crippen MR) is 84.2 cm³/mol. The van der Waals surface area contributed by atoms with Gasteiger partial charge in [0.25, 0.3) is 0 Å². The van der Waals surface area contributed by atoms with Crippen molar-refractivity contribution in [2.45, 2.75) is 47.1 Å². The molecule has 1 N–H and O–H groups in total. The molecule has 0 amide bonds. The molecule has 1 aromatic carbocycles. The lowest BCUT2D eigenvalue weighted by Gasteiger charge is -2.20.